The summed E-state index contributed by atoms with van der Waals surface area (Å²) in [5.41, 5.74) is 0.642. The Hall–Kier alpha value is -3.80. The second-order valence-electron chi connectivity index (χ2n) is 6.98. The first-order valence-electron chi connectivity index (χ1n) is 8.84. The predicted molar refractivity (Wildman–Crippen MR) is 99.3 cm³/mol. The quantitative estimate of drug-likeness (QED) is 0.722. The molecule has 0 bridgehead atoms. The molecular formula is C22H14N2O4. The number of allylic oxidation sites excluding steroid dienone is 2. The van der Waals surface area contributed by atoms with Gasteiger partial charge in [-0.25, -0.2) is 5.01 Å². The van der Waals surface area contributed by atoms with Crippen LogP contribution in [0.25, 0.3) is 0 Å². The summed E-state index contributed by atoms with van der Waals surface area (Å²) in [6.07, 6.45) is 6.26. The van der Waals surface area contributed by atoms with Gasteiger partial charge in [-0.15, -0.1) is 0 Å². The number of ketones is 1. The van der Waals surface area contributed by atoms with Gasteiger partial charge >= 0.3 is 0 Å². The molecule has 3 amide bonds. The topological polar surface area (TPSA) is 74.8 Å². The van der Waals surface area contributed by atoms with Crippen LogP contribution >= 0.6 is 0 Å². The first-order valence-corrected chi connectivity index (χ1v) is 8.84. The standard InChI is InChI=1S/C22H14N2O4/c25-15-9-11-22(12-10-15)13-14-5-1-2-6-16(14)21(28)24(22)23-19(26)17-7-3-4-8-18(17)20(23)27/h1-12H,13H2. The number of hydrogen-bond donors (Lipinski definition) is 0. The van der Waals surface area contributed by atoms with Crippen LogP contribution in [0.3, 0.4) is 0 Å². The second-order valence-corrected chi connectivity index (χ2v) is 6.98. The van der Waals surface area contributed by atoms with E-state index in [9.17, 15) is 19.2 Å². The minimum absolute atomic E-state index is 0.209. The zero-order chi connectivity index (χ0) is 19.5. The molecule has 28 heavy (non-hydrogen) atoms. The molecule has 0 N–H and O–H groups in total. The van der Waals surface area contributed by atoms with Crippen LogP contribution < -0.4 is 0 Å². The number of carbonyl (C=O) groups is 4. The van der Waals surface area contributed by atoms with E-state index in [4.69, 9.17) is 0 Å². The number of carbonyl (C=O) groups excluding carboxylic acids is 4. The van der Waals surface area contributed by atoms with E-state index in [1.54, 1.807) is 48.6 Å². The summed E-state index contributed by atoms with van der Waals surface area (Å²) in [4.78, 5) is 51.3. The van der Waals surface area contributed by atoms with Crippen molar-refractivity contribution in [3.63, 3.8) is 0 Å². The van der Waals surface area contributed by atoms with Gasteiger partial charge in [-0.05, 0) is 48.1 Å². The number of benzene rings is 2. The zero-order valence-corrected chi connectivity index (χ0v) is 14.7. The van der Waals surface area contributed by atoms with Gasteiger partial charge in [-0.1, -0.05) is 30.3 Å². The second kappa shape index (κ2) is 5.60. The average Bonchev–Trinajstić information content (AvgIpc) is 2.96. The molecule has 1 aliphatic carbocycles. The third-order valence-electron chi connectivity index (χ3n) is 5.35. The molecule has 5 rings (SSSR count). The van der Waals surface area contributed by atoms with Crippen molar-refractivity contribution in [1.29, 1.82) is 0 Å². The zero-order valence-electron chi connectivity index (χ0n) is 14.7. The SMILES string of the molecule is O=C1C=CC2(C=C1)Cc1ccccc1C(=O)N2N1C(=O)c2ccccc2C1=O. The van der Waals surface area contributed by atoms with Crippen LogP contribution in [-0.4, -0.2) is 39.1 Å². The van der Waals surface area contributed by atoms with Crippen molar-refractivity contribution in [3.05, 3.63) is 95.1 Å². The minimum atomic E-state index is -1.10. The van der Waals surface area contributed by atoms with Crippen molar-refractivity contribution < 1.29 is 19.2 Å². The van der Waals surface area contributed by atoms with E-state index < -0.39 is 23.3 Å². The highest BCUT2D eigenvalue weighted by Crippen LogP contribution is 2.38. The normalized spacial score (nSPS) is 19.4. The van der Waals surface area contributed by atoms with Gasteiger partial charge in [0.1, 0.15) is 5.54 Å². The van der Waals surface area contributed by atoms with Gasteiger partial charge in [0.25, 0.3) is 17.7 Å². The lowest BCUT2D eigenvalue weighted by atomic mass is 9.80. The number of rotatable bonds is 1. The molecule has 0 radical (unpaired) electrons. The van der Waals surface area contributed by atoms with Gasteiger partial charge in [0.15, 0.2) is 5.78 Å². The fraction of sp³-hybridized carbons (Fsp3) is 0.0909. The third-order valence-corrected chi connectivity index (χ3v) is 5.35. The predicted octanol–water partition coefficient (Wildman–Crippen LogP) is 2.33. The van der Waals surface area contributed by atoms with Crippen molar-refractivity contribution in [3.8, 4) is 0 Å². The molecule has 6 heteroatoms. The van der Waals surface area contributed by atoms with E-state index in [0.717, 1.165) is 10.6 Å². The van der Waals surface area contributed by atoms with Crippen molar-refractivity contribution in [2.24, 2.45) is 0 Å². The smallest absolute Gasteiger partial charge is 0.280 e. The van der Waals surface area contributed by atoms with E-state index in [0.29, 0.717) is 12.0 Å². The molecule has 0 unspecified atom stereocenters. The first kappa shape index (κ1) is 16.4. The summed E-state index contributed by atoms with van der Waals surface area (Å²) in [6, 6.07) is 13.6. The molecule has 2 aromatic carbocycles. The van der Waals surface area contributed by atoms with E-state index >= 15 is 0 Å². The highest BCUT2D eigenvalue weighted by atomic mass is 16.2. The minimum Gasteiger partial charge on any atom is -0.290 e. The van der Waals surface area contributed by atoms with Crippen molar-refractivity contribution in [2.45, 2.75) is 12.0 Å². The van der Waals surface area contributed by atoms with Gasteiger partial charge in [-0.3, -0.25) is 19.2 Å². The molecule has 6 nitrogen and oxygen atoms in total. The lowest BCUT2D eigenvalue weighted by Gasteiger charge is -2.47. The molecule has 2 heterocycles. The highest BCUT2D eigenvalue weighted by Gasteiger charge is 2.52. The molecule has 136 valence electrons. The molecular weight excluding hydrogens is 356 g/mol. The molecule has 2 aliphatic heterocycles. The van der Waals surface area contributed by atoms with E-state index in [1.807, 2.05) is 12.1 Å². The Labute approximate surface area is 160 Å². The van der Waals surface area contributed by atoms with Gasteiger partial charge < -0.3 is 0 Å². The van der Waals surface area contributed by atoms with Crippen molar-refractivity contribution in [2.75, 3.05) is 0 Å². The molecule has 1 spiro atoms. The Morgan fingerprint density at radius 1 is 0.679 bits per heavy atom. The Balaban J connectivity index is 1.71. The van der Waals surface area contributed by atoms with Crippen molar-refractivity contribution >= 4 is 23.5 Å². The van der Waals surface area contributed by atoms with Crippen LogP contribution in [-0.2, 0) is 11.2 Å². The van der Waals surface area contributed by atoms with Gasteiger partial charge in [0, 0.05) is 12.0 Å². The first-order chi connectivity index (χ1) is 13.5. The van der Waals surface area contributed by atoms with E-state index in [1.165, 1.54) is 17.2 Å². The summed E-state index contributed by atoms with van der Waals surface area (Å²) < 4.78 is 0. The number of nitrogens with zero attached hydrogens (tertiary/aromatic N) is 2. The lowest BCUT2D eigenvalue weighted by Crippen LogP contribution is -2.63. The number of imide groups is 1. The number of hydrogen-bond acceptors (Lipinski definition) is 4. The average molecular weight is 370 g/mol. The summed E-state index contributed by atoms with van der Waals surface area (Å²) >= 11 is 0. The van der Waals surface area contributed by atoms with Crippen LogP contribution in [0, 0.1) is 0 Å². The maximum atomic E-state index is 13.4. The molecule has 0 aromatic heterocycles. The summed E-state index contributed by atoms with van der Waals surface area (Å²) in [6.45, 7) is 0. The van der Waals surface area contributed by atoms with Crippen LogP contribution in [0.1, 0.15) is 36.6 Å². The molecule has 0 fully saturated rings. The molecule has 3 aliphatic rings. The lowest BCUT2D eigenvalue weighted by molar-refractivity contribution is -0.110. The Morgan fingerprint density at radius 3 is 1.82 bits per heavy atom. The van der Waals surface area contributed by atoms with Crippen LogP contribution in [0.15, 0.2) is 72.8 Å². The van der Waals surface area contributed by atoms with Gasteiger partial charge in [-0.2, -0.15) is 5.01 Å². The number of fused-ring (bicyclic) bond motifs is 2. The largest absolute Gasteiger partial charge is 0.290 e. The molecule has 0 saturated heterocycles. The van der Waals surface area contributed by atoms with Gasteiger partial charge in [0.05, 0.1) is 11.1 Å². The summed E-state index contributed by atoms with van der Waals surface area (Å²) in [5.74, 6) is -1.77. The van der Waals surface area contributed by atoms with Crippen molar-refractivity contribution in [1.82, 2.24) is 10.0 Å². The van der Waals surface area contributed by atoms with Gasteiger partial charge in [0.2, 0.25) is 0 Å². The molecule has 0 atom stereocenters. The fourth-order valence-corrected chi connectivity index (χ4v) is 4.02. The third kappa shape index (κ3) is 2.08. The van der Waals surface area contributed by atoms with E-state index in [2.05, 4.69) is 0 Å². The maximum Gasteiger partial charge on any atom is 0.280 e. The summed E-state index contributed by atoms with van der Waals surface area (Å²) in [5, 5.41) is 2.10. The van der Waals surface area contributed by atoms with Crippen LogP contribution in [0.4, 0.5) is 0 Å². The molecule has 0 saturated carbocycles. The maximum absolute atomic E-state index is 13.4. The number of amides is 3. The fourth-order valence-electron chi connectivity index (χ4n) is 4.02. The Morgan fingerprint density at radius 2 is 1.21 bits per heavy atom. The van der Waals surface area contributed by atoms with E-state index in [-0.39, 0.29) is 16.9 Å². The highest BCUT2D eigenvalue weighted by molar-refractivity contribution is 6.22. The Bertz CT molecular complexity index is 1090. The number of hydrazine groups is 1. The Kier molecular flexibility index (Phi) is 3.27. The van der Waals surface area contributed by atoms with Crippen LogP contribution in [0.5, 0.6) is 0 Å². The van der Waals surface area contributed by atoms with Crippen LogP contribution in [0.2, 0.25) is 0 Å². The molecule has 2 aromatic rings. The summed E-state index contributed by atoms with van der Waals surface area (Å²) in [7, 11) is 0. The monoisotopic (exact) mass is 370 g/mol.